The molecular formula is C31H31N5O2. The van der Waals surface area contributed by atoms with E-state index in [0.29, 0.717) is 17.0 Å². The van der Waals surface area contributed by atoms with Crippen molar-refractivity contribution in [2.45, 2.75) is 44.2 Å². The van der Waals surface area contributed by atoms with Gasteiger partial charge in [0.2, 0.25) is 0 Å². The van der Waals surface area contributed by atoms with Gasteiger partial charge in [-0.25, -0.2) is 15.0 Å². The zero-order chi connectivity index (χ0) is 26.1. The normalized spacial score (nSPS) is 21.6. The molecule has 0 amide bonds. The van der Waals surface area contributed by atoms with Crippen molar-refractivity contribution in [3.05, 3.63) is 120 Å². The number of hydrogen-bond donors (Lipinski definition) is 2. The molecule has 0 spiro atoms. The van der Waals surface area contributed by atoms with Gasteiger partial charge in [-0.05, 0) is 23.1 Å². The number of nitrogens with zero attached hydrogens (tertiary/aromatic N) is 4. The fraction of sp³-hybridized carbons (Fsp3) is 0.258. The SMILES string of the molecule is CC[C@H]1O[C@@H](n2cnc3c(NC(c4ccccc4)(c4ccccc4)c4ccccc4)ncnc32)[C@@H](O)C1C. The smallest absolute Gasteiger partial charge is 0.167 e. The molecule has 1 fully saturated rings. The summed E-state index contributed by atoms with van der Waals surface area (Å²) in [4.78, 5) is 14.0. The number of rotatable bonds is 7. The third-order valence-electron chi connectivity index (χ3n) is 7.69. The number of fused-ring (bicyclic) bond motifs is 1. The first-order chi connectivity index (χ1) is 18.6. The molecular weight excluding hydrogens is 474 g/mol. The van der Waals surface area contributed by atoms with Crippen LogP contribution in [-0.2, 0) is 10.3 Å². The number of benzene rings is 3. The lowest BCUT2D eigenvalue weighted by molar-refractivity contribution is -0.0355. The van der Waals surface area contributed by atoms with Gasteiger partial charge < -0.3 is 15.2 Å². The van der Waals surface area contributed by atoms with Crippen LogP contribution in [0.1, 0.15) is 43.2 Å². The average Bonchev–Trinajstić information content (AvgIpc) is 3.54. The van der Waals surface area contributed by atoms with Crippen molar-refractivity contribution in [1.82, 2.24) is 19.5 Å². The molecule has 3 aromatic carbocycles. The van der Waals surface area contributed by atoms with Gasteiger partial charge in [-0.2, -0.15) is 0 Å². The van der Waals surface area contributed by atoms with Crippen LogP contribution in [0.15, 0.2) is 104 Å². The quantitative estimate of drug-likeness (QED) is 0.283. The maximum atomic E-state index is 11.0. The molecule has 0 bridgehead atoms. The summed E-state index contributed by atoms with van der Waals surface area (Å²) in [7, 11) is 0. The summed E-state index contributed by atoms with van der Waals surface area (Å²) in [5, 5.41) is 14.8. The summed E-state index contributed by atoms with van der Waals surface area (Å²) in [6.07, 6.45) is 2.84. The second kappa shape index (κ2) is 10.0. The molecule has 7 nitrogen and oxygen atoms in total. The van der Waals surface area contributed by atoms with Crippen LogP contribution >= 0.6 is 0 Å². The molecule has 5 aromatic rings. The van der Waals surface area contributed by atoms with Crippen LogP contribution in [0.4, 0.5) is 5.82 Å². The van der Waals surface area contributed by atoms with E-state index in [0.717, 1.165) is 23.1 Å². The van der Waals surface area contributed by atoms with E-state index in [9.17, 15) is 5.11 Å². The molecule has 1 aliphatic heterocycles. The molecule has 38 heavy (non-hydrogen) atoms. The molecule has 0 radical (unpaired) electrons. The Morgan fingerprint density at radius 1 is 0.842 bits per heavy atom. The number of nitrogens with one attached hydrogen (secondary N) is 1. The second-order valence-electron chi connectivity index (χ2n) is 9.84. The van der Waals surface area contributed by atoms with Crippen molar-refractivity contribution in [2.75, 3.05) is 5.32 Å². The van der Waals surface area contributed by atoms with E-state index >= 15 is 0 Å². The number of imidazole rings is 1. The molecule has 0 aliphatic carbocycles. The minimum atomic E-state index is -0.750. The predicted molar refractivity (Wildman–Crippen MR) is 148 cm³/mol. The first kappa shape index (κ1) is 24.3. The van der Waals surface area contributed by atoms with Crippen molar-refractivity contribution in [3.8, 4) is 0 Å². The highest BCUT2D eigenvalue weighted by atomic mass is 16.5. The van der Waals surface area contributed by atoms with Crippen LogP contribution in [0, 0.1) is 5.92 Å². The zero-order valence-electron chi connectivity index (χ0n) is 21.5. The Bertz CT molecular complexity index is 1410. The Labute approximate surface area is 222 Å². The lowest BCUT2D eigenvalue weighted by Crippen LogP contribution is -2.38. The van der Waals surface area contributed by atoms with E-state index in [1.165, 1.54) is 6.33 Å². The maximum absolute atomic E-state index is 11.0. The standard InChI is InChI=1S/C31H31N5O2/c1-3-25-21(2)27(37)30(38-25)36-20-34-26-28(32-19-33-29(26)36)35-31(22-13-7-4-8-14-22,23-15-9-5-10-16-23)24-17-11-6-12-18-24/h4-21,25,27,30,37H,3H2,1-2H3,(H,32,33,35)/t21?,25-,27+,30-/m1/s1. The van der Waals surface area contributed by atoms with Crippen molar-refractivity contribution >= 4 is 17.0 Å². The summed E-state index contributed by atoms with van der Waals surface area (Å²) in [5.74, 6) is 0.613. The molecule has 2 N–H and O–H groups in total. The minimum absolute atomic E-state index is 0.0174. The van der Waals surface area contributed by atoms with Gasteiger partial charge in [0.05, 0.1) is 12.4 Å². The van der Waals surface area contributed by atoms with Gasteiger partial charge in [-0.15, -0.1) is 0 Å². The van der Waals surface area contributed by atoms with Crippen molar-refractivity contribution in [3.63, 3.8) is 0 Å². The highest BCUT2D eigenvalue weighted by Crippen LogP contribution is 2.41. The number of ether oxygens (including phenoxy) is 1. The first-order valence-corrected chi connectivity index (χ1v) is 13.1. The molecule has 1 unspecified atom stereocenters. The van der Waals surface area contributed by atoms with Crippen molar-refractivity contribution < 1.29 is 9.84 Å². The lowest BCUT2D eigenvalue weighted by Gasteiger charge is -2.37. The largest absolute Gasteiger partial charge is 0.388 e. The van der Waals surface area contributed by atoms with E-state index in [-0.39, 0.29) is 12.0 Å². The summed E-state index contributed by atoms with van der Waals surface area (Å²) in [6.45, 7) is 4.09. The second-order valence-corrected chi connectivity index (χ2v) is 9.84. The molecule has 1 aliphatic rings. The van der Waals surface area contributed by atoms with Gasteiger partial charge in [0.25, 0.3) is 0 Å². The molecule has 3 heterocycles. The molecule has 0 saturated carbocycles. The van der Waals surface area contributed by atoms with Gasteiger partial charge >= 0.3 is 0 Å². The van der Waals surface area contributed by atoms with E-state index in [2.05, 4.69) is 58.6 Å². The van der Waals surface area contributed by atoms with Crippen LogP contribution in [-0.4, -0.2) is 36.8 Å². The number of hydrogen-bond acceptors (Lipinski definition) is 6. The third kappa shape index (κ3) is 3.95. The van der Waals surface area contributed by atoms with Gasteiger partial charge in [-0.1, -0.05) is 105 Å². The molecule has 7 heteroatoms. The van der Waals surface area contributed by atoms with Crippen molar-refractivity contribution in [2.24, 2.45) is 5.92 Å². The van der Waals surface area contributed by atoms with E-state index in [4.69, 9.17) is 9.72 Å². The first-order valence-electron chi connectivity index (χ1n) is 13.1. The van der Waals surface area contributed by atoms with E-state index < -0.39 is 17.9 Å². The molecule has 192 valence electrons. The number of aliphatic hydroxyl groups excluding tert-OH is 1. The molecule has 2 aromatic heterocycles. The number of aromatic nitrogens is 4. The highest BCUT2D eigenvalue weighted by molar-refractivity contribution is 5.84. The van der Waals surface area contributed by atoms with Crippen LogP contribution in [0.25, 0.3) is 11.2 Å². The number of anilines is 1. The van der Waals surface area contributed by atoms with E-state index in [1.807, 2.05) is 66.1 Å². The highest BCUT2D eigenvalue weighted by Gasteiger charge is 2.42. The molecule has 1 saturated heterocycles. The zero-order valence-corrected chi connectivity index (χ0v) is 21.5. The molecule has 6 rings (SSSR count). The van der Waals surface area contributed by atoms with Gasteiger partial charge in [0, 0.05) is 5.92 Å². The maximum Gasteiger partial charge on any atom is 0.167 e. The Morgan fingerprint density at radius 3 is 1.89 bits per heavy atom. The summed E-state index contributed by atoms with van der Waals surface area (Å²) >= 11 is 0. The minimum Gasteiger partial charge on any atom is -0.388 e. The van der Waals surface area contributed by atoms with Crippen LogP contribution in [0.2, 0.25) is 0 Å². The predicted octanol–water partition coefficient (Wildman–Crippen LogP) is 5.53. The fourth-order valence-electron chi connectivity index (χ4n) is 5.65. The summed E-state index contributed by atoms with van der Waals surface area (Å²) < 4.78 is 8.06. The summed E-state index contributed by atoms with van der Waals surface area (Å²) in [6, 6.07) is 31.1. The Morgan fingerprint density at radius 2 is 1.39 bits per heavy atom. The number of aliphatic hydroxyl groups is 1. The Hall–Kier alpha value is -4.07. The van der Waals surface area contributed by atoms with Crippen LogP contribution in [0.3, 0.4) is 0 Å². The fourth-order valence-corrected chi connectivity index (χ4v) is 5.65. The Balaban J connectivity index is 1.52. The summed E-state index contributed by atoms with van der Waals surface area (Å²) in [5.41, 5.74) is 3.68. The third-order valence-corrected chi connectivity index (χ3v) is 7.69. The lowest BCUT2D eigenvalue weighted by atomic mass is 9.77. The van der Waals surface area contributed by atoms with E-state index in [1.54, 1.807) is 6.33 Å². The van der Waals surface area contributed by atoms with Crippen molar-refractivity contribution in [1.29, 1.82) is 0 Å². The van der Waals surface area contributed by atoms with Crippen LogP contribution in [0.5, 0.6) is 0 Å². The molecule has 4 atom stereocenters. The van der Waals surface area contributed by atoms with Gasteiger partial charge in [-0.3, -0.25) is 4.57 Å². The average molecular weight is 506 g/mol. The monoisotopic (exact) mass is 505 g/mol. The van der Waals surface area contributed by atoms with Gasteiger partial charge in [0.1, 0.15) is 18.0 Å². The topological polar surface area (TPSA) is 85.1 Å². The van der Waals surface area contributed by atoms with Gasteiger partial charge in [0.15, 0.2) is 23.2 Å². The van der Waals surface area contributed by atoms with Crippen LogP contribution < -0.4 is 5.32 Å². The Kier molecular flexibility index (Phi) is 6.39.